The molecule has 1 heterocycles. The molecule has 2 aromatic carbocycles. The van der Waals surface area contributed by atoms with E-state index >= 15 is 0 Å². The van der Waals surface area contributed by atoms with Crippen molar-refractivity contribution in [2.24, 2.45) is 0 Å². The maximum absolute atomic E-state index is 12.4. The highest BCUT2D eigenvalue weighted by Crippen LogP contribution is 2.34. The number of para-hydroxylation sites is 1. The van der Waals surface area contributed by atoms with Crippen molar-refractivity contribution < 1.29 is 19.1 Å². The van der Waals surface area contributed by atoms with E-state index in [0.29, 0.717) is 16.4 Å². The Hall–Kier alpha value is -2.51. The summed E-state index contributed by atoms with van der Waals surface area (Å²) in [6, 6.07) is 12.5. The van der Waals surface area contributed by atoms with Crippen molar-refractivity contribution in [2.45, 2.75) is 24.8 Å². The van der Waals surface area contributed by atoms with Gasteiger partial charge in [-0.2, -0.15) is 0 Å². The molecule has 0 radical (unpaired) electrons. The quantitative estimate of drug-likeness (QED) is 0.750. The molecule has 8 heteroatoms. The molecule has 28 heavy (non-hydrogen) atoms. The van der Waals surface area contributed by atoms with E-state index in [-0.39, 0.29) is 18.2 Å². The van der Waals surface area contributed by atoms with Crippen LogP contribution in [-0.2, 0) is 19.1 Å². The predicted octanol–water partition coefficient (Wildman–Crippen LogP) is 3.66. The molecule has 2 aromatic rings. The summed E-state index contributed by atoms with van der Waals surface area (Å²) in [5.41, 5.74) is 1.95. The number of carbonyl (C=O) groups is 3. The molecule has 6 nitrogen and oxygen atoms in total. The van der Waals surface area contributed by atoms with E-state index in [1.807, 2.05) is 12.1 Å². The Morgan fingerprint density at radius 3 is 2.79 bits per heavy atom. The van der Waals surface area contributed by atoms with Crippen LogP contribution in [0.25, 0.3) is 0 Å². The van der Waals surface area contributed by atoms with Gasteiger partial charge in [-0.05, 0) is 43.7 Å². The highest BCUT2D eigenvalue weighted by atomic mass is 35.5. The first-order valence-corrected chi connectivity index (χ1v) is 10.0. The fraction of sp³-hybridized carbons (Fsp3) is 0.250. The van der Waals surface area contributed by atoms with Crippen molar-refractivity contribution in [3.05, 3.63) is 53.1 Å². The third kappa shape index (κ3) is 4.48. The number of hydrogen-bond donors (Lipinski definition) is 1. The molecule has 1 atom stereocenters. The van der Waals surface area contributed by atoms with Gasteiger partial charge in [0.2, 0.25) is 5.91 Å². The van der Waals surface area contributed by atoms with Crippen LogP contribution in [0.4, 0.5) is 11.4 Å². The number of halogens is 1. The van der Waals surface area contributed by atoms with Crippen molar-refractivity contribution in [3.63, 3.8) is 0 Å². The van der Waals surface area contributed by atoms with Gasteiger partial charge in [0.1, 0.15) is 6.54 Å². The molecule has 0 spiro atoms. The largest absolute Gasteiger partial charge is 0.451 e. The van der Waals surface area contributed by atoms with Gasteiger partial charge >= 0.3 is 5.97 Å². The van der Waals surface area contributed by atoms with Crippen molar-refractivity contribution in [3.8, 4) is 0 Å². The monoisotopic (exact) mass is 418 g/mol. The minimum atomic E-state index is -1.02. The van der Waals surface area contributed by atoms with Gasteiger partial charge < -0.3 is 10.1 Å². The number of nitrogens with zero attached hydrogens (tertiary/aromatic N) is 1. The zero-order valence-corrected chi connectivity index (χ0v) is 17.0. The highest BCUT2D eigenvalue weighted by molar-refractivity contribution is 8.00. The van der Waals surface area contributed by atoms with Crippen LogP contribution >= 0.6 is 23.4 Å². The summed E-state index contributed by atoms with van der Waals surface area (Å²) in [5.74, 6) is -1.04. The minimum absolute atomic E-state index is 0.174. The topological polar surface area (TPSA) is 75.7 Å². The molecule has 0 saturated carbocycles. The molecule has 0 saturated heterocycles. The van der Waals surface area contributed by atoms with E-state index < -0.39 is 18.0 Å². The third-order valence-electron chi connectivity index (χ3n) is 4.30. The molecular weight excluding hydrogens is 400 g/mol. The number of carbonyl (C=O) groups excluding carboxylic acids is 3. The molecule has 1 aliphatic heterocycles. The fourth-order valence-corrected chi connectivity index (χ4v) is 3.83. The third-order valence-corrected chi connectivity index (χ3v) is 5.76. The molecular formula is C20H19ClN2O4S. The minimum Gasteiger partial charge on any atom is -0.451 e. The van der Waals surface area contributed by atoms with Crippen LogP contribution in [0.5, 0.6) is 0 Å². The van der Waals surface area contributed by atoms with Crippen molar-refractivity contribution >= 4 is 52.5 Å². The van der Waals surface area contributed by atoms with Gasteiger partial charge in [-0.15, -0.1) is 11.8 Å². The summed E-state index contributed by atoms with van der Waals surface area (Å²) < 4.78 is 5.24. The molecule has 146 valence electrons. The smallest absolute Gasteiger partial charge is 0.326 e. The standard InChI is InChI=1S/C20H19ClN2O4S/c1-12-14(21)6-5-7-15(12)22-20(26)13(2)27-19(25)10-23-16-8-3-4-9-17(16)28-11-18(23)24/h3-9,13H,10-11H2,1-2H3,(H,22,26)/t13-/m1/s1. The van der Waals surface area contributed by atoms with Crippen LogP contribution in [0.3, 0.4) is 0 Å². The SMILES string of the molecule is Cc1c(Cl)cccc1NC(=O)[C@@H](C)OC(=O)CN1C(=O)CSc2ccccc21. The van der Waals surface area contributed by atoms with Crippen LogP contribution in [0.1, 0.15) is 12.5 Å². The van der Waals surface area contributed by atoms with E-state index in [2.05, 4.69) is 5.32 Å². The summed E-state index contributed by atoms with van der Waals surface area (Å²) in [4.78, 5) is 39.2. The molecule has 1 N–H and O–H groups in total. The van der Waals surface area contributed by atoms with Crippen LogP contribution in [0.2, 0.25) is 5.02 Å². The number of benzene rings is 2. The number of rotatable bonds is 5. The molecule has 0 fully saturated rings. The van der Waals surface area contributed by atoms with Gasteiger partial charge in [0, 0.05) is 15.6 Å². The van der Waals surface area contributed by atoms with E-state index in [1.54, 1.807) is 37.3 Å². The van der Waals surface area contributed by atoms with E-state index in [4.69, 9.17) is 16.3 Å². The maximum atomic E-state index is 12.4. The zero-order chi connectivity index (χ0) is 20.3. The first kappa shape index (κ1) is 20.2. The average molecular weight is 419 g/mol. The summed E-state index contributed by atoms with van der Waals surface area (Å²) in [6.45, 7) is 3.02. The summed E-state index contributed by atoms with van der Waals surface area (Å²) in [7, 11) is 0. The summed E-state index contributed by atoms with van der Waals surface area (Å²) in [5, 5.41) is 3.23. The van der Waals surface area contributed by atoms with E-state index in [1.165, 1.54) is 23.6 Å². The highest BCUT2D eigenvalue weighted by Gasteiger charge is 2.28. The molecule has 2 amide bonds. The molecule has 0 bridgehead atoms. The van der Waals surface area contributed by atoms with E-state index in [9.17, 15) is 14.4 Å². The number of nitrogens with one attached hydrogen (secondary N) is 1. The lowest BCUT2D eigenvalue weighted by Crippen LogP contribution is -2.41. The Morgan fingerprint density at radius 2 is 2.00 bits per heavy atom. The Balaban J connectivity index is 1.62. The number of esters is 1. The molecule has 0 unspecified atom stereocenters. The van der Waals surface area contributed by atoms with Gasteiger partial charge in [0.05, 0.1) is 11.4 Å². The van der Waals surface area contributed by atoms with Gasteiger partial charge in [0.25, 0.3) is 5.91 Å². The normalized spacial score (nSPS) is 14.2. The molecule has 1 aliphatic rings. The predicted molar refractivity (Wildman–Crippen MR) is 110 cm³/mol. The van der Waals surface area contributed by atoms with Gasteiger partial charge in [-0.1, -0.05) is 29.8 Å². The maximum Gasteiger partial charge on any atom is 0.326 e. The number of ether oxygens (including phenoxy) is 1. The number of amides is 2. The number of hydrogen-bond acceptors (Lipinski definition) is 5. The van der Waals surface area contributed by atoms with Gasteiger partial charge in [-0.3, -0.25) is 19.3 Å². The van der Waals surface area contributed by atoms with Crippen LogP contribution in [0.15, 0.2) is 47.4 Å². The second-order valence-corrected chi connectivity index (χ2v) is 7.69. The Morgan fingerprint density at radius 1 is 1.25 bits per heavy atom. The Bertz CT molecular complexity index is 934. The van der Waals surface area contributed by atoms with Crippen molar-refractivity contribution in [1.29, 1.82) is 0 Å². The first-order chi connectivity index (χ1) is 13.4. The second kappa shape index (κ2) is 8.67. The summed E-state index contributed by atoms with van der Waals surface area (Å²) in [6.07, 6.45) is -1.02. The van der Waals surface area contributed by atoms with E-state index in [0.717, 1.165) is 10.5 Å². The lowest BCUT2D eigenvalue weighted by atomic mass is 10.2. The fourth-order valence-electron chi connectivity index (χ4n) is 2.72. The summed E-state index contributed by atoms with van der Waals surface area (Å²) >= 11 is 7.48. The molecule has 0 aromatic heterocycles. The molecule has 3 rings (SSSR count). The number of fused-ring (bicyclic) bond motifs is 1. The van der Waals surface area contributed by atoms with Crippen molar-refractivity contribution in [2.75, 3.05) is 22.5 Å². The zero-order valence-electron chi connectivity index (χ0n) is 15.4. The van der Waals surface area contributed by atoms with Crippen molar-refractivity contribution in [1.82, 2.24) is 0 Å². The average Bonchev–Trinajstić information content (AvgIpc) is 2.67. The first-order valence-electron chi connectivity index (χ1n) is 8.64. The lowest BCUT2D eigenvalue weighted by molar-refractivity contribution is -0.152. The Labute approximate surface area is 172 Å². The van der Waals surface area contributed by atoms with Crippen LogP contribution < -0.4 is 10.2 Å². The van der Waals surface area contributed by atoms with Crippen LogP contribution in [0, 0.1) is 6.92 Å². The lowest BCUT2D eigenvalue weighted by Gasteiger charge is -2.28. The molecule has 0 aliphatic carbocycles. The number of anilines is 2. The second-order valence-electron chi connectivity index (χ2n) is 6.27. The van der Waals surface area contributed by atoms with Crippen LogP contribution in [-0.4, -0.2) is 36.2 Å². The van der Waals surface area contributed by atoms with Gasteiger partial charge in [0.15, 0.2) is 6.10 Å². The Kier molecular flexibility index (Phi) is 6.26. The van der Waals surface area contributed by atoms with Gasteiger partial charge in [-0.25, -0.2) is 0 Å². The number of thioether (sulfide) groups is 1.